The van der Waals surface area contributed by atoms with Gasteiger partial charge in [0.2, 0.25) is 0 Å². The monoisotopic (exact) mass is 346 g/mol. The molecule has 1 aliphatic heterocycles. The van der Waals surface area contributed by atoms with Gasteiger partial charge >= 0.3 is 12.3 Å². The number of ether oxygens (including phenoxy) is 2. The van der Waals surface area contributed by atoms with E-state index in [9.17, 15) is 18.0 Å². The number of benzene rings is 1. The Bertz CT molecular complexity index is 612. The molecule has 0 bridgehead atoms. The third-order valence-corrected chi connectivity index (χ3v) is 3.43. The predicted molar refractivity (Wildman–Crippen MR) is 82.4 cm³/mol. The number of halogens is 3. The SMILES string of the molecule is CC(C)(C)OC(=O)N1CCC[C@H]1Oc1ccc(C(F)(F)F)cc1N. The molecule has 24 heavy (non-hydrogen) atoms. The minimum absolute atomic E-state index is 0.114. The Kier molecular flexibility index (Phi) is 4.87. The first-order valence-corrected chi connectivity index (χ1v) is 7.60. The normalized spacial score (nSPS) is 18.6. The number of anilines is 1. The predicted octanol–water partition coefficient (Wildman–Crippen LogP) is 4.02. The molecule has 0 aromatic heterocycles. The van der Waals surface area contributed by atoms with E-state index >= 15 is 0 Å². The molecule has 1 heterocycles. The first-order chi connectivity index (χ1) is 11.0. The Morgan fingerprint density at radius 2 is 1.96 bits per heavy atom. The highest BCUT2D eigenvalue weighted by atomic mass is 19.4. The minimum Gasteiger partial charge on any atom is -0.468 e. The number of carbonyl (C=O) groups is 1. The van der Waals surface area contributed by atoms with Crippen molar-refractivity contribution in [2.24, 2.45) is 0 Å². The van der Waals surface area contributed by atoms with Crippen LogP contribution in [0.4, 0.5) is 23.7 Å². The highest BCUT2D eigenvalue weighted by Crippen LogP contribution is 2.35. The first kappa shape index (κ1) is 18.2. The number of amides is 1. The van der Waals surface area contributed by atoms with Crippen molar-refractivity contribution in [3.63, 3.8) is 0 Å². The van der Waals surface area contributed by atoms with Crippen LogP contribution in [0.5, 0.6) is 5.75 Å². The van der Waals surface area contributed by atoms with Crippen LogP contribution in [0.1, 0.15) is 39.2 Å². The molecule has 1 saturated heterocycles. The molecule has 1 aromatic carbocycles. The van der Waals surface area contributed by atoms with Gasteiger partial charge in [-0.2, -0.15) is 13.2 Å². The van der Waals surface area contributed by atoms with Crippen LogP contribution < -0.4 is 10.5 Å². The lowest BCUT2D eigenvalue weighted by Gasteiger charge is -2.29. The number of nitrogen functional groups attached to an aromatic ring is 1. The van der Waals surface area contributed by atoms with Crippen LogP contribution in [-0.4, -0.2) is 29.4 Å². The minimum atomic E-state index is -4.47. The van der Waals surface area contributed by atoms with Crippen LogP contribution in [0.3, 0.4) is 0 Å². The lowest BCUT2D eigenvalue weighted by Crippen LogP contribution is -2.42. The Balaban J connectivity index is 2.11. The molecule has 2 N–H and O–H groups in total. The molecule has 1 amide bonds. The van der Waals surface area contributed by atoms with Gasteiger partial charge in [0.05, 0.1) is 11.3 Å². The Morgan fingerprint density at radius 3 is 2.50 bits per heavy atom. The summed E-state index contributed by atoms with van der Waals surface area (Å²) < 4.78 is 49.0. The van der Waals surface area contributed by atoms with Crippen molar-refractivity contribution in [3.8, 4) is 5.75 Å². The number of rotatable bonds is 2. The van der Waals surface area contributed by atoms with Gasteiger partial charge in [-0.25, -0.2) is 4.79 Å². The van der Waals surface area contributed by atoms with Gasteiger partial charge < -0.3 is 15.2 Å². The lowest BCUT2D eigenvalue weighted by atomic mass is 10.2. The largest absolute Gasteiger partial charge is 0.468 e. The molecule has 0 saturated carbocycles. The maximum absolute atomic E-state index is 12.7. The molecular weight excluding hydrogens is 325 g/mol. The fourth-order valence-corrected chi connectivity index (χ4v) is 2.37. The molecule has 1 aliphatic rings. The van der Waals surface area contributed by atoms with Crippen molar-refractivity contribution in [2.75, 3.05) is 12.3 Å². The van der Waals surface area contributed by atoms with Gasteiger partial charge in [0.15, 0.2) is 6.23 Å². The van der Waals surface area contributed by atoms with Crippen molar-refractivity contribution >= 4 is 11.8 Å². The second-order valence-electron chi connectivity index (χ2n) is 6.64. The molecule has 134 valence electrons. The Labute approximate surface area is 138 Å². The number of hydrogen-bond acceptors (Lipinski definition) is 4. The van der Waals surface area contributed by atoms with Crippen LogP contribution in [0.15, 0.2) is 18.2 Å². The maximum Gasteiger partial charge on any atom is 0.416 e. The summed E-state index contributed by atoms with van der Waals surface area (Å²) in [6.45, 7) is 5.72. The van der Waals surface area contributed by atoms with Crippen LogP contribution in [0.2, 0.25) is 0 Å². The lowest BCUT2D eigenvalue weighted by molar-refractivity contribution is -0.137. The summed E-state index contributed by atoms with van der Waals surface area (Å²) in [5.74, 6) is 0.114. The van der Waals surface area contributed by atoms with Crippen molar-refractivity contribution < 1.29 is 27.4 Å². The van der Waals surface area contributed by atoms with Gasteiger partial charge in [-0.3, -0.25) is 4.90 Å². The van der Waals surface area contributed by atoms with E-state index in [1.807, 2.05) is 0 Å². The smallest absolute Gasteiger partial charge is 0.416 e. The second kappa shape index (κ2) is 6.41. The summed E-state index contributed by atoms with van der Waals surface area (Å²) in [4.78, 5) is 13.6. The van der Waals surface area contributed by atoms with Gasteiger partial charge in [-0.05, 0) is 45.4 Å². The molecule has 0 unspecified atom stereocenters. The van der Waals surface area contributed by atoms with E-state index in [4.69, 9.17) is 15.2 Å². The van der Waals surface area contributed by atoms with Gasteiger partial charge in [0.1, 0.15) is 11.4 Å². The quantitative estimate of drug-likeness (QED) is 0.822. The average Bonchev–Trinajstić information content (AvgIpc) is 2.86. The van der Waals surface area contributed by atoms with Gasteiger partial charge in [-0.1, -0.05) is 0 Å². The summed E-state index contributed by atoms with van der Waals surface area (Å²) in [5, 5.41) is 0. The maximum atomic E-state index is 12.7. The van der Waals surface area contributed by atoms with E-state index < -0.39 is 29.7 Å². The molecule has 0 aliphatic carbocycles. The summed E-state index contributed by atoms with van der Waals surface area (Å²) in [5.41, 5.74) is 4.05. The fraction of sp³-hybridized carbons (Fsp3) is 0.562. The molecule has 0 radical (unpaired) electrons. The fourth-order valence-electron chi connectivity index (χ4n) is 2.37. The van der Waals surface area contributed by atoms with E-state index in [-0.39, 0.29) is 11.4 Å². The van der Waals surface area contributed by atoms with E-state index in [0.29, 0.717) is 19.4 Å². The molecule has 1 fully saturated rings. The number of likely N-dealkylation sites (tertiary alicyclic amines) is 1. The third-order valence-electron chi connectivity index (χ3n) is 3.43. The van der Waals surface area contributed by atoms with Gasteiger partial charge in [0, 0.05) is 13.0 Å². The zero-order chi connectivity index (χ0) is 18.1. The second-order valence-corrected chi connectivity index (χ2v) is 6.64. The standard InChI is InChI=1S/C16H21F3N2O3/c1-15(2,3)24-14(22)21-8-4-5-13(21)23-12-7-6-10(9-11(12)20)16(17,18)19/h6-7,9,13H,4-5,8,20H2,1-3H3/t13-/m1/s1. The molecule has 5 nitrogen and oxygen atoms in total. The van der Waals surface area contributed by atoms with Crippen molar-refractivity contribution in [3.05, 3.63) is 23.8 Å². The zero-order valence-corrected chi connectivity index (χ0v) is 13.8. The number of carbonyl (C=O) groups excluding carboxylic acids is 1. The molecule has 8 heteroatoms. The summed E-state index contributed by atoms with van der Waals surface area (Å²) in [6.07, 6.45) is -4.33. The van der Waals surface area contributed by atoms with E-state index in [1.54, 1.807) is 20.8 Å². The summed E-state index contributed by atoms with van der Waals surface area (Å²) in [6, 6.07) is 2.89. The Morgan fingerprint density at radius 1 is 1.29 bits per heavy atom. The van der Waals surface area contributed by atoms with E-state index in [0.717, 1.165) is 12.1 Å². The molecule has 1 atom stereocenters. The first-order valence-electron chi connectivity index (χ1n) is 7.60. The third kappa shape index (κ3) is 4.46. The molecule has 0 spiro atoms. The van der Waals surface area contributed by atoms with Crippen LogP contribution >= 0.6 is 0 Å². The number of alkyl halides is 3. The highest BCUT2D eigenvalue weighted by Gasteiger charge is 2.35. The summed E-state index contributed by atoms with van der Waals surface area (Å²) >= 11 is 0. The van der Waals surface area contributed by atoms with Crippen LogP contribution in [-0.2, 0) is 10.9 Å². The molecule has 2 rings (SSSR count). The van der Waals surface area contributed by atoms with Crippen molar-refractivity contribution in [1.29, 1.82) is 0 Å². The van der Waals surface area contributed by atoms with Crippen LogP contribution in [0.25, 0.3) is 0 Å². The molecular formula is C16H21F3N2O3. The van der Waals surface area contributed by atoms with Crippen molar-refractivity contribution in [1.82, 2.24) is 4.90 Å². The zero-order valence-electron chi connectivity index (χ0n) is 13.8. The number of nitrogens with two attached hydrogens (primary N) is 1. The van der Waals surface area contributed by atoms with Gasteiger partial charge in [-0.15, -0.1) is 0 Å². The number of nitrogens with zero attached hydrogens (tertiary/aromatic N) is 1. The molecule has 1 aromatic rings. The Hall–Kier alpha value is -2.12. The average molecular weight is 346 g/mol. The van der Waals surface area contributed by atoms with E-state index in [2.05, 4.69) is 0 Å². The summed E-state index contributed by atoms with van der Waals surface area (Å²) in [7, 11) is 0. The van der Waals surface area contributed by atoms with Crippen molar-refractivity contribution in [2.45, 2.75) is 51.6 Å². The van der Waals surface area contributed by atoms with E-state index in [1.165, 1.54) is 11.0 Å². The van der Waals surface area contributed by atoms with Gasteiger partial charge in [0.25, 0.3) is 0 Å². The van der Waals surface area contributed by atoms with Crippen LogP contribution in [0, 0.1) is 0 Å². The highest BCUT2D eigenvalue weighted by molar-refractivity contribution is 5.69. The number of hydrogen-bond donors (Lipinski definition) is 1. The topological polar surface area (TPSA) is 64.8 Å².